The van der Waals surface area contributed by atoms with E-state index in [2.05, 4.69) is 87.3 Å². The van der Waals surface area contributed by atoms with E-state index >= 15 is 0 Å². The summed E-state index contributed by atoms with van der Waals surface area (Å²) in [6.45, 7) is 2.20. The lowest BCUT2D eigenvalue weighted by molar-refractivity contribution is -0.145. The summed E-state index contributed by atoms with van der Waals surface area (Å²) in [7, 11) is 0. The summed E-state index contributed by atoms with van der Waals surface area (Å²) in [5, 5.41) is 14.8. The molecule has 0 aliphatic carbocycles. The molecule has 188 valence electrons. The van der Waals surface area contributed by atoms with Crippen LogP contribution in [-0.2, 0) is 11.2 Å². The van der Waals surface area contributed by atoms with Crippen LogP contribution in [0.1, 0.15) is 11.1 Å². The Hall–Kier alpha value is -3.19. The molecule has 6 heteroatoms. The molecule has 1 aromatic heterocycles. The quantitative estimate of drug-likeness (QED) is 0.196. The Morgan fingerprint density at radius 1 is 0.868 bits per heavy atom. The predicted octanol–water partition coefficient (Wildman–Crippen LogP) is 9.78. The molecule has 0 amide bonds. The summed E-state index contributed by atoms with van der Waals surface area (Å²) in [5.41, 5.74) is 4.37. The van der Waals surface area contributed by atoms with Gasteiger partial charge in [0.1, 0.15) is 5.75 Å². The summed E-state index contributed by atoms with van der Waals surface area (Å²) >= 11 is 9.21. The molecular weight excluding hydrogens is 624 g/mol. The zero-order chi connectivity index (χ0) is 26.4. The highest BCUT2D eigenvalue weighted by Gasteiger charge is 2.24. The van der Waals surface area contributed by atoms with Gasteiger partial charge in [-0.25, -0.2) is 4.79 Å². The van der Waals surface area contributed by atoms with E-state index in [4.69, 9.17) is 4.74 Å². The number of carbonyl (C=O) groups is 1. The van der Waals surface area contributed by atoms with Crippen LogP contribution >= 0.6 is 43.2 Å². The number of aryl methyl sites for hydroxylation is 1. The maximum absolute atomic E-state index is 12.1. The molecule has 0 saturated carbocycles. The number of thiophene rings is 1. The Balaban J connectivity index is 1.52. The van der Waals surface area contributed by atoms with Crippen molar-refractivity contribution in [2.75, 3.05) is 0 Å². The maximum Gasteiger partial charge on any atom is 0.345 e. The number of carboxylic acids is 1. The second kappa shape index (κ2) is 10.2. The van der Waals surface area contributed by atoms with Crippen molar-refractivity contribution in [1.29, 1.82) is 0 Å². The van der Waals surface area contributed by atoms with Gasteiger partial charge in [-0.05, 0) is 90.0 Å². The standard InChI is InChI=1S/C32H22Br2O3S/c1-18-21-11-5-6-12-22(21)28(29-23-13-7-8-14-27(23)38-31(18)29)20-16-24(33)30(25(34)17-20)37-26(32(35)36)15-19-9-3-2-4-10-19/h2-14,16-17,26H,15H2,1H3,(H,35,36)/t26-/m1/s1. The van der Waals surface area contributed by atoms with Gasteiger partial charge in [-0.15, -0.1) is 11.3 Å². The van der Waals surface area contributed by atoms with Crippen molar-refractivity contribution < 1.29 is 14.6 Å². The van der Waals surface area contributed by atoms with Gasteiger partial charge in [-0.3, -0.25) is 0 Å². The van der Waals surface area contributed by atoms with Crippen molar-refractivity contribution in [2.24, 2.45) is 0 Å². The van der Waals surface area contributed by atoms with Crippen molar-refractivity contribution >= 4 is 80.1 Å². The highest BCUT2D eigenvalue weighted by molar-refractivity contribution is 9.11. The Morgan fingerprint density at radius 3 is 2.16 bits per heavy atom. The van der Waals surface area contributed by atoms with Crippen LogP contribution in [0.3, 0.4) is 0 Å². The summed E-state index contributed by atoms with van der Waals surface area (Å²) in [6, 6.07) is 30.6. The number of carboxylic acid groups (broad SMARTS) is 1. The molecule has 0 saturated heterocycles. The number of fused-ring (bicyclic) bond motifs is 4. The summed E-state index contributed by atoms with van der Waals surface area (Å²) < 4.78 is 10.0. The van der Waals surface area contributed by atoms with E-state index in [9.17, 15) is 9.90 Å². The van der Waals surface area contributed by atoms with Crippen LogP contribution in [0.15, 0.2) is 99.9 Å². The van der Waals surface area contributed by atoms with E-state index in [1.165, 1.54) is 36.5 Å². The van der Waals surface area contributed by atoms with Crippen molar-refractivity contribution in [3.05, 3.63) is 111 Å². The molecule has 5 aromatic carbocycles. The third-order valence-corrected chi connectivity index (χ3v) is 9.34. The minimum Gasteiger partial charge on any atom is -0.478 e. The second-order valence-corrected chi connectivity index (χ2v) is 12.0. The first-order valence-corrected chi connectivity index (χ1v) is 14.6. The molecule has 6 aromatic rings. The first-order valence-electron chi connectivity index (χ1n) is 12.2. The molecule has 1 N–H and O–H groups in total. The molecule has 0 spiro atoms. The lowest BCUT2D eigenvalue weighted by Gasteiger charge is -2.19. The number of rotatable bonds is 6. The lowest BCUT2D eigenvalue weighted by Crippen LogP contribution is -2.29. The average Bonchev–Trinajstić information content (AvgIpc) is 3.30. The number of benzene rings is 5. The van der Waals surface area contributed by atoms with E-state index in [0.29, 0.717) is 14.7 Å². The third kappa shape index (κ3) is 4.41. The van der Waals surface area contributed by atoms with Gasteiger partial charge in [-0.1, -0.05) is 72.8 Å². The van der Waals surface area contributed by atoms with Gasteiger partial charge in [0.05, 0.1) is 8.95 Å². The minimum atomic E-state index is -1.02. The van der Waals surface area contributed by atoms with Crippen LogP contribution in [-0.4, -0.2) is 17.2 Å². The van der Waals surface area contributed by atoms with Crippen LogP contribution in [0.25, 0.3) is 42.1 Å². The summed E-state index contributed by atoms with van der Waals surface area (Å²) in [6.07, 6.45) is -0.760. The molecule has 0 aliphatic rings. The van der Waals surface area contributed by atoms with Gasteiger partial charge in [0.2, 0.25) is 0 Å². The Morgan fingerprint density at radius 2 is 1.47 bits per heavy atom. The van der Waals surface area contributed by atoms with Gasteiger partial charge in [0.25, 0.3) is 0 Å². The molecule has 38 heavy (non-hydrogen) atoms. The van der Waals surface area contributed by atoms with Crippen LogP contribution in [0, 0.1) is 6.92 Å². The third-order valence-electron chi connectivity index (χ3n) is 6.87. The SMILES string of the molecule is Cc1c2ccccc2c(-c2cc(Br)c(O[C@H](Cc3ccccc3)C(=O)O)c(Br)c2)c2c1sc1ccccc12. The fourth-order valence-corrected chi connectivity index (χ4v) is 7.71. The fourth-order valence-electron chi connectivity index (χ4n) is 5.11. The van der Waals surface area contributed by atoms with Gasteiger partial charge < -0.3 is 9.84 Å². The average molecular weight is 646 g/mol. The molecule has 0 fully saturated rings. The smallest absolute Gasteiger partial charge is 0.345 e. The number of hydrogen-bond donors (Lipinski definition) is 1. The summed E-state index contributed by atoms with van der Waals surface area (Å²) in [4.78, 5) is 12.1. The molecule has 6 rings (SSSR count). The molecule has 1 heterocycles. The highest BCUT2D eigenvalue weighted by atomic mass is 79.9. The van der Waals surface area contributed by atoms with E-state index in [1.54, 1.807) is 0 Å². The van der Waals surface area contributed by atoms with Crippen LogP contribution in [0.2, 0.25) is 0 Å². The van der Waals surface area contributed by atoms with E-state index in [1.807, 2.05) is 53.8 Å². The van der Waals surface area contributed by atoms with Crippen molar-refractivity contribution in [2.45, 2.75) is 19.4 Å². The van der Waals surface area contributed by atoms with E-state index in [-0.39, 0.29) is 6.42 Å². The van der Waals surface area contributed by atoms with Crippen molar-refractivity contribution in [3.63, 3.8) is 0 Å². The Bertz CT molecular complexity index is 1820. The normalized spacial score (nSPS) is 12.3. The lowest BCUT2D eigenvalue weighted by atomic mass is 9.91. The van der Waals surface area contributed by atoms with E-state index in [0.717, 1.165) is 16.7 Å². The predicted molar refractivity (Wildman–Crippen MR) is 165 cm³/mol. The van der Waals surface area contributed by atoms with Gasteiger partial charge in [-0.2, -0.15) is 0 Å². The Kier molecular flexibility index (Phi) is 6.72. The van der Waals surface area contributed by atoms with Gasteiger partial charge in [0.15, 0.2) is 6.10 Å². The summed E-state index contributed by atoms with van der Waals surface area (Å²) in [5.74, 6) is -0.535. The highest BCUT2D eigenvalue weighted by Crippen LogP contribution is 2.48. The topological polar surface area (TPSA) is 46.5 Å². The number of ether oxygens (including phenoxy) is 1. The number of hydrogen-bond acceptors (Lipinski definition) is 3. The Labute approximate surface area is 240 Å². The van der Waals surface area contributed by atoms with Crippen LogP contribution in [0.5, 0.6) is 5.75 Å². The molecular formula is C32H22Br2O3S. The molecule has 0 radical (unpaired) electrons. The van der Waals surface area contributed by atoms with Gasteiger partial charge in [0, 0.05) is 26.6 Å². The van der Waals surface area contributed by atoms with Crippen molar-refractivity contribution in [1.82, 2.24) is 0 Å². The molecule has 0 aliphatic heterocycles. The van der Waals surface area contributed by atoms with Crippen LogP contribution in [0.4, 0.5) is 0 Å². The van der Waals surface area contributed by atoms with E-state index < -0.39 is 12.1 Å². The largest absolute Gasteiger partial charge is 0.478 e. The maximum atomic E-state index is 12.1. The molecule has 0 unspecified atom stereocenters. The second-order valence-electron chi connectivity index (χ2n) is 9.25. The zero-order valence-electron chi connectivity index (χ0n) is 20.4. The first kappa shape index (κ1) is 25.1. The zero-order valence-corrected chi connectivity index (χ0v) is 24.4. The van der Waals surface area contributed by atoms with Gasteiger partial charge >= 0.3 is 5.97 Å². The molecule has 3 nitrogen and oxygen atoms in total. The monoisotopic (exact) mass is 644 g/mol. The minimum absolute atomic E-state index is 0.265. The first-order chi connectivity index (χ1) is 18.4. The fraction of sp³-hybridized carbons (Fsp3) is 0.0938. The number of aliphatic carboxylic acids is 1. The molecule has 1 atom stereocenters. The van der Waals surface area contributed by atoms with Crippen LogP contribution < -0.4 is 4.74 Å². The molecule has 0 bridgehead atoms. The number of halogens is 2. The van der Waals surface area contributed by atoms with Crippen molar-refractivity contribution in [3.8, 4) is 16.9 Å².